The number of anilines is 2. The minimum absolute atomic E-state index is 0.297. The van der Waals surface area contributed by atoms with Gasteiger partial charge in [0.1, 0.15) is 0 Å². The summed E-state index contributed by atoms with van der Waals surface area (Å²) >= 11 is 3.31. The van der Waals surface area contributed by atoms with Crippen LogP contribution in [0.4, 0.5) is 11.6 Å². The zero-order valence-corrected chi connectivity index (χ0v) is 11.9. The van der Waals surface area contributed by atoms with E-state index in [1.807, 2.05) is 24.3 Å². The molecule has 5 nitrogen and oxygen atoms in total. The second-order valence-electron chi connectivity index (χ2n) is 4.29. The first-order chi connectivity index (χ1) is 9.63. The SMILES string of the molecule is Nc1cc(Br)ccc1C(=O)Nc1nc2ccccc2[nH]1. The van der Waals surface area contributed by atoms with Gasteiger partial charge in [-0.15, -0.1) is 0 Å². The average molecular weight is 331 g/mol. The van der Waals surface area contributed by atoms with Gasteiger partial charge in [0.2, 0.25) is 5.95 Å². The van der Waals surface area contributed by atoms with Crippen LogP contribution in [0.3, 0.4) is 0 Å². The number of rotatable bonds is 2. The molecule has 100 valence electrons. The summed E-state index contributed by atoms with van der Waals surface area (Å²) in [6.45, 7) is 0. The van der Waals surface area contributed by atoms with Crippen molar-refractivity contribution in [1.29, 1.82) is 0 Å². The molecule has 0 unspecified atom stereocenters. The summed E-state index contributed by atoms with van der Waals surface area (Å²) in [6.07, 6.45) is 0. The molecule has 0 aliphatic rings. The van der Waals surface area contributed by atoms with Crippen molar-refractivity contribution in [2.45, 2.75) is 0 Å². The number of amides is 1. The fourth-order valence-electron chi connectivity index (χ4n) is 1.93. The zero-order valence-electron chi connectivity index (χ0n) is 10.4. The molecule has 0 fully saturated rings. The highest BCUT2D eigenvalue weighted by atomic mass is 79.9. The molecule has 0 aliphatic carbocycles. The van der Waals surface area contributed by atoms with E-state index in [4.69, 9.17) is 5.73 Å². The first-order valence-electron chi connectivity index (χ1n) is 5.94. The van der Waals surface area contributed by atoms with Gasteiger partial charge in [-0.3, -0.25) is 10.1 Å². The normalized spacial score (nSPS) is 10.7. The second kappa shape index (κ2) is 4.97. The molecule has 4 N–H and O–H groups in total. The van der Waals surface area contributed by atoms with Crippen molar-refractivity contribution in [3.63, 3.8) is 0 Å². The lowest BCUT2D eigenvalue weighted by molar-refractivity contribution is 0.102. The number of aromatic amines is 1. The molecule has 0 spiro atoms. The van der Waals surface area contributed by atoms with Crippen molar-refractivity contribution >= 4 is 44.5 Å². The van der Waals surface area contributed by atoms with E-state index >= 15 is 0 Å². The summed E-state index contributed by atoms with van der Waals surface area (Å²) in [4.78, 5) is 19.5. The van der Waals surface area contributed by atoms with Crippen molar-refractivity contribution in [2.75, 3.05) is 11.1 Å². The van der Waals surface area contributed by atoms with Crippen molar-refractivity contribution in [3.05, 3.63) is 52.5 Å². The number of para-hydroxylation sites is 2. The molecule has 1 aromatic heterocycles. The lowest BCUT2D eigenvalue weighted by atomic mass is 10.2. The molecule has 6 heteroatoms. The van der Waals surface area contributed by atoms with Gasteiger partial charge in [-0.1, -0.05) is 28.1 Å². The Morgan fingerprint density at radius 2 is 2.05 bits per heavy atom. The number of nitrogens with one attached hydrogen (secondary N) is 2. The summed E-state index contributed by atoms with van der Waals surface area (Å²) in [7, 11) is 0. The Bertz CT molecular complexity index is 764. The Morgan fingerprint density at radius 1 is 1.25 bits per heavy atom. The predicted octanol–water partition coefficient (Wildman–Crippen LogP) is 3.16. The monoisotopic (exact) mass is 330 g/mol. The molecule has 0 atom stereocenters. The number of imidazole rings is 1. The largest absolute Gasteiger partial charge is 0.398 e. The number of benzene rings is 2. The van der Waals surface area contributed by atoms with Gasteiger partial charge in [0, 0.05) is 10.2 Å². The minimum atomic E-state index is -0.297. The molecule has 0 saturated heterocycles. The summed E-state index contributed by atoms with van der Waals surface area (Å²) < 4.78 is 0.829. The highest BCUT2D eigenvalue weighted by molar-refractivity contribution is 9.10. The first kappa shape index (κ1) is 12.7. The number of hydrogen-bond acceptors (Lipinski definition) is 3. The molecule has 0 aliphatic heterocycles. The number of aromatic nitrogens is 2. The fraction of sp³-hybridized carbons (Fsp3) is 0. The summed E-state index contributed by atoms with van der Waals surface area (Å²) in [6, 6.07) is 12.7. The Labute approximate surface area is 123 Å². The fourth-order valence-corrected chi connectivity index (χ4v) is 2.31. The number of halogens is 1. The lowest BCUT2D eigenvalue weighted by Crippen LogP contribution is -2.14. The van der Waals surface area contributed by atoms with Crippen LogP contribution in [0.15, 0.2) is 46.9 Å². The molecule has 2 aromatic carbocycles. The lowest BCUT2D eigenvalue weighted by Gasteiger charge is -2.05. The van der Waals surface area contributed by atoms with Crippen LogP contribution < -0.4 is 11.1 Å². The minimum Gasteiger partial charge on any atom is -0.398 e. The molecule has 1 amide bonds. The van der Waals surface area contributed by atoms with E-state index in [2.05, 4.69) is 31.2 Å². The molecule has 3 rings (SSSR count). The third-order valence-electron chi connectivity index (χ3n) is 2.88. The van der Waals surface area contributed by atoms with E-state index in [9.17, 15) is 4.79 Å². The molecule has 3 aromatic rings. The number of H-pyrrole nitrogens is 1. The van der Waals surface area contributed by atoms with Crippen LogP contribution >= 0.6 is 15.9 Å². The third-order valence-corrected chi connectivity index (χ3v) is 3.37. The maximum Gasteiger partial charge on any atom is 0.260 e. The zero-order chi connectivity index (χ0) is 14.1. The van der Waals surface area contributed by atoms with E-state index in [1.165, 1.54) is 0 Å². The van der Waals surface area contributed by atoms with Crippen molar-refractivity contribution in [3.8, 4) is 0 Å². The predicted molar refractivity (Wildman–Crippen MR) is 82.6 cm³/mol. The first-order valence-corrected chi connectivity index (χ1v) is 6.74. The highest BCUT2D eigenvalue weighted by Crippen LogP contribution is 2.20. The van der Waals surface area contributed by atoms with E-state index in [1.54, 1.807) is 18.2 Å². The van der Waals surface area contributed by atoms with E-state index in [0.29, 0.717) is 17.2 Å². The highest BCUT2D eigenvalue weighted by Gasteiger charge is 2.12. The quantitative estimate of drug-likeness (QED) is 0.631. The Morgan fingerprint density at radius 3 is 2.80 bits per heavy atom. The summed E-state index contributed by atoms with van der Waals surface area (Å²) in [5, 5.41) is 2.71. The third kappa shape index (κ3) is 2.37. The number of nitrogens with two attached hydrogens (primary N) is 1. The van der Waals surface area contributed by atoms with Gasteiger partial charge in [0.05, 0.1) is 16.6 Å². The number of nitrogens with zero attached hydrogens (tertiary/aromatic N) is 1. The average Bonchev–Trinajstić information content (AvgIpc) is 2.80. The van der Waals surface area contributed by atoms with Crippen molar-refractivity contribution in [2.24, 2.45) is 0 Å². The molecule has 1 heterocycles. The number of nitrogen functional groups attached to an aromatic ring is 1. The van der Waals surface area contributed by atoms with Gasteiger partial charge in [-0.2, -0.15) is 0 Å². The number of fused-ring (bicyclic) bond motifs is 1. The van der Waals surface area contributed by atoms with Crippen molar-refractivity contribution < 1.29 is 4.79 Å². The van der Waals surface area contributed by atoms with E-state index < -0.39 is 0 Å². The smallest absolute Gasteiger partial charge is 0.260 e. The Kier molecular flexibility index (Phi) is 3.15. The molecule has 0 bridgehead atoms. The number of hydrogen-bond donors (Lipinski definition) is 3. The molecule has 20 heavy (non-hydrogen) atoms. The van der Waals surface area contributed by atoms with Crippen LogP contribution in [0, 0.1) is 0 Å². The molecule has 0 radical (unpaired) electrons. The van der Waals surface area contributed by atoms with Crippen LogP contribution in [0.1, 0.15) is 10.4 Å². The number of carbonyl (C=O) groups is 1. The van der Waals surface area contributed by atoms with Gasteiger partial charge < -0.3 is 10.7 Å². The van der Waals surface area contributed by atoms with E-state index in [0.717, 1.165) is 15.5 Å². The maximum atomic E-state index is 12.2. The summed E-state index contributed by atoms with van der Waals surface area (Å²) in [5.74, 6) is 0.104. The summed E-state index contributed by atoms with van der Waals surface area (Å²) in [5.41, 5.74) is 8.32. The maximum absolute atomic E-state index is 12.2. The van der Waals surface area contributed by atoms with Gasteiger partial charge in [-0.25, -0.2) is 4.98 Å². The van der Waals surface area contributed by atoms with Gasteiger partial charge in [0.25, 0.3) is 5.91 Å². The van der Waals surface area contributed by atoms with Crippen LogP contribution in [0.25, 0.3) is 11.0 Å². The van der Waals surface area contributed by atoms with E-state index in [-0.39, 0.29) is 5.91 Å². The standard InChI is InChI=1S/C14H11BrN4O/c15-8-5-6-9(10(16)7-8)13(20)19-14-17-11-3-1-2-4-12(11)18-14/h1-7H,16H2,(H2,17,18,19,20). The molecular formula is C14H11BrN4O. The number of carbonyl (C=O) groups excluding carboxylic acids is 1. The molecule has 0 saturated carbocycles. The van der Waals surface area contributed by atoms with Gasteiger partial charge in [0.15, 0.2) is 0 Å². The Hall–Kier alpha value is -2.34. The van der Waals surface area contributed by atoms with Crippen LogP contribution in [-0.2, 0) is 0 Å². The molecular weight excluding hydrogens is 320 g/mol. The van der Waals surface area contributed by atoms with Crippen LogP contribution in [0.5, 0.6) is 0 Å². The topological polar surface area (TPSA) is 83.8 Å². The second-order valence-corrected chi connectivity index (χ2v) is 5.20. The Balaban J connectivity index is 1.88. The van der Waals surface area contributed by atoms with Gasteiger partial charge >= 0.3 is 0 Å². The van der Waals surface area contributed by atoms with Crippen LogP contribution in [-0.4, -0.2) is 15.9 Å². The van der Waals surface area contributed by atoms with Gasteiger partial charge in [-0.05, 0) is 30.3 Å². The van der Waals surface area contributed by atoms with Crippen LogP contribution in [0.2, 0.25) is 0 Å². The van der Waals surface area contributed by atoms with Crippen molar-refractivity contribution in [1.82, 2.24) is 9.97 Å².